The number of sulfone groups is 1. The van der Waals surface area contributed by atoms with Crippen molar-refractivity contribution in [3.63, 3.8) is 0 Å². The number of aryl methyl sites for hydroxylation is 1. The summed E-state index contributed by atoms with van der Waals surface area (Å²) in [5.74, 6) is 0. The fourth-order valence-electron chi connectivity index (χ4n) is 2.68. The van der Waals surface area contributed by atoms with Gasteiger partial charge in [-0.2, -0.15) is 4.31 Å². The lowest BCUT2D eigenvalue weighted by Crippen LogP contribution is -2.30. The van der Waals surface area contributed by atoms with Crippen LogP contribution < -0.4 is 0 Å². The van der Waals surface area contributed by atoms with E-state index in [1.807, 2.05) is 0 Å². The monoisotopic (exact) mass is 449 g/mol. The second-order valence-electron chi connectivity index (χ2n) is 6.48. The second-order valence-corrected chi connectivity index (χ2v) is 11.2. The molecule has 0 saturated heterocycles. The molecule has 0 aliphatic carbocycles. The highest BCUT2D eigenvalue weighted by Crippen LogP contribution is 2.37. The highest BCUT2D eigenvalue weighted by molar-refractivity contribution is 7.90. The lowest BCUT2D eigenvalue weighted by atomic mass is 10.1. The van der Waals surface area contributed by atoms with Crippen molar-refractivity contribution in [1.82, 2.24) is 4.31 Å². The minimum absolute atomic E-state index is 0.0173. The van der Waals surface area contributed by atoms with Crippen molar-refractivity contribution in [3.05, 3.63) is 57.1 Å². The van der Waals surface area contributed by atoms with Crippen molar-refractivity contribution >= 4 is 43.1 Å². The molecule has 2 rings (SSSR count). The van der Waals surface area contributed by atoms with Crippen LogP contribution in [-0.4, -0.2) is 34.4 Å². The molecule has 1 atom stereocenters. The highest BCUT2D eigenvalue weighted by atomic mass is 35.5. The van der Waals surface area contributed by atoms with E-state index in [4.69, 9.17) is 23.2 Å². The molecule has 148 valence electrons. The van der Waals surface area contributed by atoms with E-state index in [0.717, 1.165) is 6.26 Å². The Labute approximate surface area is 170 Å². The summed E-state index contributed by atoms with van der Waals surface area (Å²) >= 11 is 12.4. The second kappa shape index (κ2) is 7.72. The number of rotatable bonds is 5. The number of nitrogens with zero attached hydrogens (tertiary/aromatic N) is 1. The molecule has 27 heavy (non-hydrogen) atoms. The maximum Gasteiger partial charge on any atom is 0.245 e. The van der Waals surface area contributed by atoms with Gasteiger partial charge in [-0.15, -0.1) is 0 Å². The van der Waals surface area contributed by atoms with Crippen molar-refractivity contribution in [2.45, 2.75) is 36.6 Å². The van der Waals surface area contributed by atoms with Crippen LogP contribution in [0.2, 0.25) is 10.0 Å². The van der Waals surface area contributed by atoms with E-state index in [0.29, 0.717) is 21.7 Å². The van der Waals surface area contributed by atoms with Gasteiger partial charge in [0.2, 0.25) is 10.0 Å². The summed E-state index contributed by atoms with van der Waals surface area (Å²) in [4.78, 5) is 0.157. The van der Waals surface area contributed by atoms with Crippen molar-refractivity contribution in [2.75, 3.05) is 13.3 Å². The maximum absolute atomic E-state index is 13.2. The van der Waals surface area contributed by atoms with E-state index >= 15 is 0 Å². The Morgan fingerprint density at radius 1 is 1.00 bits per heavy atom. The molecule has 0 fully saturated rings. The van der Waals surface area contributed by atoms with Gasteiger partial charge < -0.3 is 0 Å². The van der Waals surface area contributed by atoms with Gasteiger partial charge in [0, 0.05) is 24.4 Å². The lowest BCUT2D eigenvalue weighted by molar-refractivity contribution is 0.398. The molecule has 2 aromatic carbocycles. The summed E-state index contributed by atoms with van der Waals surface area (Å²) < 4.78 is 50.8. The van der Waals surface area contributed by atoms with Crippen LogP contribution in [0.1, 0.15) is 29.7 Å². The molecule has 0 heterocycles. The third-order valence-corrected chi connectivity index (χ3v) is 8.78. The smallest absolute Gasteiger partial charge is 0.224 e. The van der Waals surface area contributed by atoms with E-state index in [2.05, 4.69) is 0 Å². The topological polar surface area (TPSA) is 71.5 Å². The maximum atomic E-state index is 13.2. The molecule has 5 nitrogen and oxygen atoms in total. The molecule has 0 amide bonds. The predicted octanol–water partition coefficient (Wildman–Crippen LogP) is 4.40. The first-order valence-corrected chi connectivity index (χ1v) is 12.1. The summed E-state index contributed by atoms with van der Waals surface area (Å²) in [6.07, 6.45) is 1.12. The van der Waals surface area contributed by atoms with Crippen LogP contribution in [0, 0.1) is 13.8 Å². The highest BCUT2D eigenvalue weighted by Gasteiger charge is 2.31. The Kier molecular flexibility index (Phi) is 6.34. The predicted molar refractivity (Wildman–Crippen MR) is 109 cm³/mol. The lowest BCUT2D eigenvalue weighted by Gasteiger charge is -2.26. The van der Waals surface area contributed by atoms with E-state index in [-0.39, 0.29) is 14.8 Å². The van der Waals surface area contributed by atoms with Crippen LogP contribution in [0.25, 0.3) is 0 Å². The molecule has 0 spiro atoms. The SMILES string of the molecule is Cc1cc(Cl)c(C)c(S(=O)(=O)N(C)[C@@H](C)c2ccc(S(C)(=O)=O)cc2)c1Cl. The zero-order valence-corrected chi connectivity index (χ0v) is 18.8. The summed E-state index contributed by atoms with van der Waals surface area (Å²) in [6.45, 7) is 5.02. The van der Waals surface area contributed by atoms with Crippen molar-refractivity contribution < 1.29 is 16.8 Å². The molecule has 2 aromatic rings. The largest absolute Gasteiger partial charge is 0.245 e. The molecule has 9 heteroatoms. The van der Waals surface area contributed by atoms with Crippen LogP contribution in [0.5, 0.6) is 0 Å². The van der Waals surface area contributed by atoms with E-state index in [9.17, 15) is 16.8 Å². The number of hydrogen-bond donors (Lipinski definition) is 0. The number of benzene rings is 2. The van der Waals surface area contributed by atoms with Crippen molar-refractivity contribution in [1.29, 1.82) is 0 Å². The van der Waals surface area contributed by atoms with Gasteiger partial charge in [0.15, 0.2) is 9.84 Å². The van der Waals surface area contributed by atoms with Gasteiger partial charge in [0.05, 0.1) is 9.92 Å². The third kappa shape index (κ3) is 4.32. The molecule has 0 aromatic heterocycles. The van der Waals surface area contributed by atoms with Crippen LogP contribution in [0.3, 0.4) is 0 Å². The first kappa shape index (κ1) is 22.2. The van der Waals surface area contributed by atoms with Gasteiger partial charge in [-0.1, -0.05) is 35.3 Å². The average molecular weight is 450 g/mol. The normalized spacial score (nSPS) is 13.8. The van der Waals surface area contributed by atoms with Gasteiger partial charge in [0.1, 0.15) is 4.90 Å². The minimum atomic E-state index is -3.93. The fraction of sp³-hybridized carbons (Fsp3) is 0.333. The molecular weight excluding hydrogens is 429 g/mol. The molecule has 0 unspecified atom stereocenters. The standard InChI is InChI=1S/C18H21Cl2NO4S2/c1-11-10-16(19)12(2)18(17(11)20)27(24,25)21(4)13(3)14-6-8-15(9-7-14)26(5,22)23/h6-10,13H,1-5H3/t13-/m0/s1. The first-order valence-electron chi connectivity index (χ1n) is 8.01. The Balaban J connectivity index is 2.49. The molecule has 0 saturated carbocycles. The fourth-order valence-corrected chi connectivity index (χ4v) is 5.82. The van der Waals surface area contributed by atoms with Crippen molar-refractivity contribution in [2.24, 2.45) is 0 Å². The van der Waals surface area contributed by atoms with Crippen LogP contribution in [-0.2, 0) is 19.9 Å². The Morgan fingerprint density at radius 3 is 2.00 bits per heavy atom. The Bertz CT molecular complexity index is 1050. The molecule has 0 N–H and O–H groups in total. The van der Waals surface area contributed by atoms with Crippen LogP contribution in [0.15, 0.2) is 40.1 Å². The third-order valence-electron chi connectivity index (χ3n) is 4.56. The zero-order valence-electron chi connectivity index (χ0n) is 15.6. The minimum Gasteiger partial charge on any atom is -0.224 e. The summed E-state index contributed by atoms with van der Waals surface area (Å²) in [7, 11) is -5.80. The number of halogens is 2. The Hall–Kier alpha value is -1.12. The van der Waals surface area contributed by atoms with Crippen LogP contribution in [0.4, 0.5) is 0 Å². The zero-order chi connectivity index (χ0) is 20.7. The number of hydrogen-bond acceptors (Lipinski definition) is 4. The van der Waals surface area contributed by atoms with Gasteiger partial charge in [-0.25, -0.2) is 16.8 Å². The summed E-state index contributed by atoms with van der Waals surface area (Å²) in [5, 5.41) is 0.470. The van der Waals surface area contributed by atoms with Gasteiger partial charge >= 0.3 is 0 Å². The molecular formula is C18H21Cl2NO4S2. The van der Waals surface area contributed by atoms with Crippen LogP contribution >= 0.6 is 23.2 Å². The first-order chi connectivity index (χ1) is 12.3. The van der Waals surface area contributed by atoms with Gasteiger partial charge in [-0.3, -0.25) is 0 Å². The van der Waals surface area contributed by atoms with Gasteiger partial charge in [-0.05, 0) is 55.7 Å². The molecule has 0 aliphatic rings. The average Bonchev–Trinajstić information content (AvgIpc) is 2.58. The van der Waals surface area contributed by atoms with E-state index in [1.54, 1.807) is 39.0 Å². The molecule has 0 radical (unpaired) electrons. The van der Waals surface area contributed by atoms with Gasteiger partial charge in [0.25, 0.3) is 0 Å². The molecule has 0 aliphatic heterocycles. The summed E-state index contributed by atoms with van der Waals surface area (Å²) in [5.41, 5.74) is 1.61. The van der Waals surface area contributed by atoms with E-state index < -0.39 is 25.9 Å². The Morgan fingerprint density at radius 2 is 1.52 bits per heavy atom. The molecule has 0 bridgehead atoms. The van der Waals surface area contributed by atoms with Crippen molar-refractivity contribution in [3.8, 4) is 0 Å². The number of sulfonamides is 1. The van der Waals surface area contributed by atoms with E-state index in [1.165, 1.54) is 23.5 Å². The quantitative estimate of drug-likeness (QED) is 0.677. The summed E-state index contributed by atoms with van der Waals surface area (Å²) in [6, 6.07) is 7.21.